The second-order valence-electron chi connectivity index (χ2n) is 6.78. The molecule has 0 aromatic heterocycles. The van der Waals surface area contributed by atoms with E-state index in [4.69, 9.17) is 4.74 Å². The van der Waals surface area contributed by atoms with Gasteiger partial charge in [0.25, 0.3) is 0 Å². The minimum Gasteiger partial charge on any atom is -0.480 e. The molecule has 1 aliphatic rings. The molecule has 0 aliphatic carbocycles. The van der Waals surface area contributed by atoms with Gasteiger partial charge in [-0.25, -0.2) is 4.79 Å². The van der Waals surface area contributed by atoms with E-state index in [1.54, 1.807) is 0 Å². The van der Waals surface area contributed by atoms with Gasteiger partial charge in [-0.15, -0.1) is 0 Å². The number of nitrogens with zero attached hydrogens (tertiary/aromatic N) is 1. The van der Waals surface area contributed by atoms with Crippen molar-refractivity contribution in [2.24, 2.45) is 0 Å². The van der Waals surface area contributed by atoms with Gasteiger partial charge in [0, 0.05) is 19.1 Å². The fourth-order valence-electron chi connectivity index (χ4n) is 2.76. The number of benzene rings is 1. The molecule has 1 fully saturated rings. The number of carboxylic acid groups (broad SMARTS) is 1. The summed E-state index contributed by atoms with van der Waals surface area (Å²) in [5.74, 6) is -0.880. The summed E-state index contributed by atoms with van der Waals surface area (Å²) >= 11 is 0. The quantitative estimate of drug-likeness (QED) is 0.890. The van der Waals surface area contributed by atoms with E-state index in [1.807, 2.05) is 56.0 Å². The predicted molar refractivity (Wildman–Crippen MR) is 86.2 cm³/mol. The van der Waals surface area contributed by atoms with Crippen LogP contribution in [0.3, 0.4) is 0 Å². The van der Waals surface area contributed by atoms with Crippen LogP contribution in [0.2, 0.25) is 0 Å². The van der Waals surface area contributed by atoms with E-state index in [0.29, 0.717) is 19.5 Å². The summed E-state index contributed by atoms with van der Waals surface area (Å²) in [6.45, 7) is 6.54. The first-order chi connectivity index (χ1) is 10.8. The van der Waals surface area contributed by atoms with Gasteiger partial charge < -0.3 is 15.2 Å². The second-order valence-corrected chi connectivity index (χ2v) is 6.78. The molecule has 1 aliphatic heterocycles. The van der Waals surface area contributed by atoms with E-state index < -0.39 is 23.7 Å². The van der Waals surface area contributed by atoms with Crippen LogP contribution >= 0.6 is 0 Å². The van der Waals surface area contributed by atoms with Gasteiger partial charge >= 0.3 is 12.1 Å². The molecule has 1 unspecified atom stereocenters. The molecule has 1 heterocycles. The number of carbonyl (C=O) groups excluding carboxylic acids is 1. The first-order valence-electron chi connectivity index (χ1n) is 7.77. The summed E-state index contributed by atoms with van der Waals surface area (Å²) in [4.78, 5) is 25.4. The first kappa shape index (κ1) is 17.3. The van der Waals surface area contributed by atoms with Crippen LogP contribution in [-0.4, -0.2) is 46.8 Å². The Bertz CT molecular complexity index is 553. The fourth-order valence-corrected chi connectivity index (χ4v) is 2.76. The average molecular weight is 320 g/mol. The molecule has 6 heteroatoms. The summed E-state index contributed by atoms with van der Waals surface area (Å²) in [6.07, 6.45) is 0.242. The Morgan fingerprint density at radius 1 is 1.30 bits per heavy atom. The van der Waals surface area contributed by atoms with Crippen molar-refractivity contribution >= 4 is 12.1 Å². The van der Waals surface area contributed by atoms with Crippen molar-refractivity contribution in [1.82, 2.24) is 10.2 Å². The van der Waals surface area contributed by atoms with Crippen LogP contribution in [0.1, 0.15) is 38.8 Å². The number of ether oxygens (including phenoxy) is 1. The highest BCUT2D eigenvalue weighted by Crippen LogP contribution is 2.25. The van der Waals surface area contributed by atoms with Gasteiger partial charge in [-0.1, -0.05) is 30.3 Å². The molecule has 2 rings (SSSR count). The van der Waals surface area contributed by atoms with E-state index in [-0.39, 0.29) is 6.04 Å². The number of carboxylic acids is 1. The van der Waals surface area contributed by atoms with Gasteiger partial charge in [-0.3, -0.25) is 9.69 Å². The normalized spacial score (nSPS) is 20.0. The number of aliphatic carboxylic acids is 1. The van der Waals surface area contributed by atoms with Crippen LogP contribution in [0.25, 0.3) is 0 Å². The van der Waals surface area contributed by atoms with Gasteiger partial charge in [-0.05, 0) is 32.8 Å². The summed E-state index contributed by atoms with van der Waals surface area (Å²) < 4.78 is 5.24. The lowest BCUT2D eigenvalue weighted by atomic mass is 10.1. The maximum absolute atomic E-state index is 11.8. The molecule has 0 bridgehead atoms. The predicted octanol–water partition coefficient (Wildman–Crippen LogP) is 2.41. The summed E-state index contributed by atoms with van der Waals surface area (Å²) in [6, 6.07) is 8.35. The smallest absolute Gasteiger partial charge is 0.407 e. The minimum atomic E-state index is -0.880. The number of nitrogens with one attached hydrogen (secondary N) is 1. The first-order valence-corrected chi connectivity index (χ1v) is 7.77. The van der Waals surface area contributed by atoms with Crippen molar-refractivity contribution in [2.75, 3.05) is 13.1 Å². The highest BCUT2D eigenvalue weighted by molar-refractivity contribution is 5.75. The van der Waals surface area contributed by atoms with Crippen LogP contribution in [0, 0.1) is 0 Å². The lowest BCUT2D eigenvalue weighted by Gasteiger charge is -2.25. The Morgan fingerprint density at radius 2 is 1.96 bits per heavy atom. The molecule has 2 N–H and O–H groups in total. The van der Waals surface area contributed by atoms with Gasteiger partial charge in [0.05, 0.1) is 0 Å². The zero-order valence-electron chi connectivity index (χ0n) is 13.8. The molecular formula is C17H24N2O4. The van der Waals surface area contributed by atoms with Crippen LogP contribution in [-0.2, 0) is 9.53 Å². The van der Waals surface area contributed by atoms with Crippen LogP contribution in [0.4, 0.5) is 4.79 Å². The van der Waals surface area contributed by atoms with Gasteiger partial charge in [-0.2, -0.15) is 0 Å². The number of rotatable bonds is 4. The van der Waals surface area contributed by atoms with E-state index in [9.17, 15) is 14.7 Å². The molecule has 1 aromatic rings. The molecule has 1 amide bonds. The number of amides is 1. The molecule has 6 nitrogen and oxygen atoms in total. The Balaban J connectivity index is 1.98. The molecule has 126 valence electrons. The van der Waals surface area contributed by atoms with Crippen molar-refractivity contribution in [1.29, 1.82) is 0 Å². The molecule has 0 radical (unpaired) electrons. The molecule has 0 spiro atoms. The Kier molecular flexibility index (Phi) is 5.26. The lowest BCUT2D eigenvalue weighted by Crippen LogP contribution is -2.41. The molecular weight excluding hydrogens is 296 g/mol. The van der Waals surface area contributed by atoms with E-state index >= 15 is 0 Å². The lowest BCUT2D eigenvalue weighted by molar-refractivity contribution is -0.143. The minimum absolute atomic E-state index is 0.101. The molecule has 1 saturated heterocycles. The standard InChI is InChI=1S/C17H24N2O4/c1-17(2,3)23-16(22)18-13-9-10-19(11-13)14(15(20)21)12-7-5-4-6-8-12/h4-8,13-14H,9-11H2,1-3H3,(H,18,22)(H,20,21)/t13-,14?/m0/s1. The third kappa shape index (κ3) is 4.96. The maximum atomic E-state index is 11.8. The Hall–Kier alpha value is -2.08. The zero-order valence-corrected chi connectivity index (χ0v) is 13.8. The summed E-state index contributed by atoms with van der Waals surface area (Å²) in [5, 5.41) is 12.4. The van der Waals surface area contributed by atoms with E-state index in [2.05, 4.69) is 5.32 Å². The van der Waals surface area contributed by atoms with Crippen molar-refractivity contribution in [3.05, 3.63) is 35.9 Å². The van der Waals surface area contributed by atoms with Gasteiger partial charge in [0.2, 0.25) is 0 Å². The highest BCUT2D eigenvalue weighted by Gasteiger charge is 2.34. The van der Waals surface area contributed by atoms with Gasteiger partial charge in [0.15, 0.2) is 0 Å². The van der Waals surface area contributed by atoms with Crippen molar-refractivity contribution < 1.29 is 19.4 Å². The van der Waals surface area contributed by atoms with Crippen LogP contribution in [0.15, 0.2) is 30.3 Å². The van der Waals surface area contributed by atoms with Gasteiger partial charge in [0.1, 0.15) is 11.6 Å². The number of likely N-dealkylation sites (tertiary alicyclic amines) is 1. The maximum Gasteiger partial charge on any atom is 0.407 e. The fraction of sp³-hybridized carbons (Fsp3) is 0.529. The SMILES string of the molecule is CC(C)(C)OC(=O)N[C@H]1CCN(C(C(=O)O)c2ccccc2)C1. The molecule has 23 heavy (non-hydrogen) atoms. The molecule has 1 aromatic carbocycles. The van der Waals surface area contributed by atoms with Crippen molar-refractivity contribution in [3.8, 4) is 0 Å². The average Bonchev–Trinajstić information content (AvgIpc) is 2.85. The Labute approximate surface area is 136 Å². The van der Waals surface area contributed by atoms with E-state index in [0.717, 1.165) is 5.56 Å². The third-order valence-corrected chi connectivity index (χ3v) is 3.65. The summed E-state index contributed by atoms with van der Waals surface area (Å²) in [5.41, 5.74) is 0.202. The van der Waals surface area contributed by atoms with Crippen molar-refractivity contribution in [3.63, 3.8) is 0 Å². The zero-order chi connectivity index (χ0) is 17.0. The second kappa shape index (κ2) is 7.00. The topological polar surface area (TPSA) is 78.9 Å². The molecule has 2 atom stereocenters. The summed E-state index contributed by atoms with van der Waals surface area (Å²) in [7, 11) is 0. The number of carbonyl (C=O) groups is 2. The largest absolute Gasteiger partial charge is 0.480 e. The molecule has 0 saturated carbocycles. The highest BCUT2D eigenvalue weighted by atomic mass is 16.6. The van der Waals surface area contributed by atoms with Crippen LogP contribution in [0.5, 0.6) is 0 Å². The monoisotopic (exact) mass is 320 g/mol. The number of hydrogen-bond acceptors (Lipinski definition) is 4. The number of alkyl carbamates (subject to hydrolysis) is 1. The van der Waals surface area contributed by atoms with Crippen molar-refractivity contribution in [2.45, 2.75) is 44.9 Å². The van der Waals surface area contributed by atoms with E-state index in [1.165, 1.54) is 0 Å². The Morgan fingerprint density at radius 3 is 2.52 bits per heavy atom. The third-order valence-electron chi connectivity index (χ3n) is 3.65. The van der Waals surface area contributed by atoms with Crippen LogP contribution < -0.4 is 5.32 Å². The number of hydrogen-bond donors (Lipinski definition) is 2.